The van der Waals surface area contributed by atoms with E-state index in [1.54, 1.807) is 32.0 Å². The molecule has 4 heterocycles. The van der Waals surface area contributed by atoms with Crippen molar-refractivity contribution >= 4 is 40.8 Å². The maximum Gasteiger partial charge on any atom is 0.406 e. The smallest absolute Gasteiger partial charge is 0.337 e. The second kappa shape index (κ2) is 8.16. The summed E-state index contributed by atoms with van der Waals surface area (Å²) in [5.74, 6) is -1.89. The van der Waals surface area contributed by atoms with Gasteiger partial charge in [0.15, 0.2) is 10.8 Å². The summed E-state index contributed by atoms with van der Waals surface area (Å²) >= 11 is 6.30. The van der Waals surface area contributed by atoms with Gasteiger partial charge in [0.05, 0.1) is 23.2 Å². The van der Waals surface area contributed by atoms with Gasteiger partial charge in [0.1, 0.15) is 6.54 Å². The molecule has 38 heavy (non-hydrogen) atoms. The number of rotatable bonds is 4. The van der Waals surface area contributed by atoms with E-state index in [0.29, 0.717) is 23.3 Å². The van der Waals surface area contributed by atoms with Crippen LogP contribution in [0.3, 0.4) is 0 Å². The largest absolute Gasteiger partial charge is 0.406 e. The van der Waals surface area contributed by atoms with Crippen molar-refractivity contribution in [3.8, 4) is 0 Å². The molecule has 0 spiro atoms. The Bertz CT molecular complexity index is 1530. The highest BCUT2D eigenvalue weighted by Crippen LogP contribution is 2.57. The standard InChI is InChI=1S/C25H22ClF3N6O3/c1-24(2)16-4-3-11(5-18(16)34(22(24)37)10-25(27,28)29)12-6-13(12)14-7-17(15-8-31-23(38)32-21(15)36)33-35-19(26)9-30-20(14)35/h3-5,7,9,12-13,15H,6,8,10H2,1-2H3,(H2,31,32,36,38)/t12-,13+,15?/m1/s1. The van der Waals surface area contributed by atoms with Crippen LogP contribution in [0, 0.1) is 0 Å². The molecule has 2 fully saturated rings. The number of carbonyl (C=O) groups is 3. The SMILES string of the molecule is CC1(C)C(=O)N(CC(F)(F)F)c2cc([C@H]3C[C@@H]3c3cc(C4CNC(=O)NC4=O)nn4c(Cl)cnc34)ccc21. The lowest BCUT2D eigenvalue weighted by atomic mass is 9.85. The van der Waals surface area contributed by atoms with Crippen molar-refractivity contribution in [1.29, 1.82) is 0 Å². The second-order valence-corrected chi connectivity index (χ2v) is 10.8. The van der Waals surface area contributed by atoms with Crippen LogP contribution >= 0.6 is 11.6 Å². The highest BCUT2D eigenvalue weighted by Gasteiger charge is 2.49. The number of halogens is 4. The monoisotopic (exact) mass is 546 g/mol. The first-order chi connectivity index (χ1) is 17.8. The number of fused-ring (bicyclic) bond motifs is 2. The van der Waals surface area contributed by atoms with Crippen molar-refractivity contribution in [2.45, 2.75) is 49.6 Å². The molecule has 2 aromatic heterocycles. The molecule has 3 aliphatic rings. The molecule has 1 unspecified atom stereocenters. The van der Waals surface area contributed by atoms with Crippen LogP contribution < -0.4 is 15.5 Å². The van der Waals surface area contributed by atoms with Crippen LogP contribution in [-0.2, 0) is 15.0 Å². The molecular formula is C25H22ClF3N6O3. The van der Waals surface area contributed by atoms with Crippen molar-refractivity contribution in [3.05, 3.63) is 58.0 Å². The first-order valence-electron chi connectivity index (χ1n) is 12.0. The number of urea groups is 1. The van der Waals surface area contributed by atoms with Crippen LogP contribution in [0.15, 0.2) is 30.5 Å². The van der Waals surface area contributed by atoms with Crippen LogP contribution in [0.4, 0.5) is 23.7 Å². The third-order valence-electron chi connectivity index (χ3n) is 7.57. The van der Waals surface area contributed by atoms with Crippen molar-refractivity contribution in [2.75, 3.05) is 18.0 Å². The topological polar surface area (TPSA) is 109 Å². The van der Waals surface area contributed by atoms with E-state index in [9.17, 15) is 27.6 Å². The number of carbonyl (C=O) groups excluding carboxylic acids is 3. The summed E-state index contributed by atoms with van der Waals surface area (Å²) in [6.45, 7) is 1.99. The van der Waals surface area contributed by atoms with E-state index < -0.39 is 41.9 Å². The van der Waals surface area contributed by atoms with Crippen LogP contribution in [0.2, 0.25) is 5.15 Å². The van der Waals surface area contributed by atoms with Crippen molar-refractivity contribution in [1.82, 2.24) is 25.2 Å². The van der Waals surface area contributed by atoms with E-state index in [4.69, 9.17) is 11.6 Å². The molecule has 198 valence electrons. The van der Waals surface area contributed by atoms with Crippen LogP contribution in [-0.4, -0.2) is 51.7 Å². The van der Waals surface area contributed by atoms with E-state index in [-0.39, 0.29) is 29.2 Å². The van der Waals surface area contributed by atoms with Gasteiger partial charge in [-0.3, -0.25) is 14.9 Å². The minimum absolute atomic E-state index is 0.0405. The van der Waals surface area contributed by atoms with Gasteiger partial charge in [-0.2, -0.15) is 18.3 Å². The van der Waals surface area contributed by atoms with Gasteiger partial charge in [-0.05, 0) is 55.4 Å². The quantitative estimate of drug-likeness (QED) is 0.518. The molecule has 0 bridgehead atoms. The average molecular weight is 547 g/mol. The summed E-state index contributed by atoms with van der Waals surface area (Å²) in [6.07, 6.45) is -2.39. The van der Waals surface area contributed by atoms with Gasteiger partial charge in [0.25, 0.3) is 0 Å². The molecule has 1 aromatic carbocycles. The fourth-order valence-electron chi connectivity index (χ4n) is 5.53. The van der Waals surface area contributed by atoms with Crippen molar-refractivity contribution in [2.24, 2.45) is 0 Å². The number of alkyl halides is 3. The highest BCUT2D eigenvalue weighted by atomic mass is 35.5. The lowest BCUT2D eigenvalue weighted by Crippen LogP contribution is -2.51. The van der Waals surface area contributed by atoms with Crippen LogP contribution in [0.5, 0.6) is 0 Å². The van der Waals surface area contributed by atoms with E-state index in [1.807, 2.05) is 6.07 Å². The third-order valence-corrected chi connectivity index (χ3v) is 7.83. The summed E-state index contributed by atoms with van der Waals surface area (Å²) in [5, 5.41) is 9.56. The molecule has 2 N–H and O–H groups in total. The molecule has 4 amide bonds. The normalized spacial score (nSPS) is 24.4. The lowest BCUT2D eigenvalue weighted by Gasteiger charge is -2.22. The molecule has 1 saturated heterocycles. The minimum Gasteiger partial charge on any atom is -0.337 e. The molecule has 3 atom stereocenters. The van der Waals surface area contributed by atoms with Gasteiger partial charge < -0.3 is 10.2 Å². The zero-order chi connectivity index (χ0) is 27.1. The fourth-order valence-corrected chi connectivity index (χ4v) is 5.70. The molecular weight excluding hydrogens is 525 g/mol. The molecule has 9 nitrogen and oxygen atoms in total. The molecule has 3 aromatic rings. The van der Waals surface area contributed by atoms with Gasteiger partial charge in [-0.1, -0.05) is 23.7 Å². The predicted octanol–water partition coefficient (Wildman–Crippen LogP) is 3.76. The Hall–Kier alpha value is -3.67. The molecule has 6 rings (SSSR count). The first kappa shape index (κ1) is 24.7. The maximum atomic E-state index is 13.3. The summed E-state index contributed by atoms with van der Waals surface area (Å²) in [7, 11) is 0. The molecule has 0 radical (unpaired) electrons. The summed E-state index contributed by atoms with van der Waals surface area (Å²) < 4.78 is 41.3. The average Bonchev–Trinajstić information content (AvgIpc) is 3.52. The highest BCUT2D eigenvalue weighted by molar-refractivity contribution is 6.29. The number of anilines is 1. The van der Waals surface area contributed by atoms with Crippen molar-refractivity contribution < 1.29 is 27.6 Å². The second-order valence-electron chi connectivity index (χ2n) is 10.4. The van der Waals surface area contributed by atoms with Crippen LogP contribution in [0.1, 0.15) is 60.4 Å². The van der Waals surface area contributed by atoms with E-state index in [0.717, 1.165) is 16.0 Å². The number of hydrogen-bond donors (Lipinski definition) is 2. The molecule has 13 heteroatoms. The fraction of sp³-hybridized carbons (Fsp3) is 0.400. The number of amides is 4. The third kappa shape index (κ3) is 3.89. The van der Waals surface area contributed by atoms with Gasteiger partial charge in [-0.25, -0.2) is 14.3 Å². The number of imide groups is 1. The Morgan fingerprint density at radius 2 is 1.92 bits per heavy atom. The number of imidazole rings is 1. The molecule has 2 aliphatic heterocycles. The summed E-state index contributed by atoms with van der Waals surface area (Å²) in [5.41, 5.74) is 2.31. The van der Waals surface area contributed by atoms with Crippen molar-refractivity contribution in [3.63, 3.8) is 0 Å². The summed E-state index contributed by atoms with van der Waals surface area (Å²) in [4.78, 5) is 42.1. The van der Waals surface area contributed by atoms with E-state index >= 15 is 0 Å². The Balaban J connectivity index is 1.36. The van der Waals surface area contributed by atoms with Gasteiger partial charge in [-0.15, -0.1) is 0 Å². The zero-order valence-electron chi connectivity index (χ0n) is 20.3. The van der Waals surface area contributed by atoms with Crippen LogP contribution in [0.25, 0.3) is 5.65 Å². The van der Waals surface area contributed by atoms with E-state index in [1.165, 1.54) is 10.7 Å². The van der Waals surface area contributed by atoms with Gasteiger partial charge in [0.2, 0.25) is 11.8 Å². The maximum absolute atomic E-state index is 13.3. The zero-order valence-corrected chi connectivity index (χ0v) is 21.0. The van der Waals surface area contributed by atoms with Gasteiger partial charge in [0, 0.05) is 17.8 Å². The number of nitrogens with zero attached hydrogens (tertiary/aromatic N) is 4. The summed E-state index contributed by atoms with van der Waals surface area (Å²) in [6, 6.07) is 6.48. The molecule has 1 saturated carbocycles. The van der Waals surface area contributed by atoms with Gasteiger partial charge >= 0.3 is 12.2 Å². The first-order valence-corrected chi connectivity index (χ1v) is 12.4. The predicted molar refractivity (Wildman–Crippen MR) is 130 cm³/mol. The Morgan fingerprint density at radius 1 is 1.16 bits per heavy atom. The molecule has 1 aliphatic carbocycles. The number of benzene rings is 1. The number of aromatic nitrogens is 3. The van der Waals surface area contributed by atoms with E-state index in [2.05, 4.69) is 20.7 Å². The Morgan fingerprint density at radius 3 is 2.63 bits per heavy atom. The minimum atomic E-state index is -4.53. The number of nitrogens with one attached hydrogen (secondary N) is 2. The lowest BCUT2D eigenvalue weighted by molar-refractivity contribution is -0.134. The number of hydrogen-bond acceptors (Lipinski definition) is 5. The Labute approximate surface area is 219 Å². The Kier molecular flexibility index (Phi) is 5.30.